The molecule has 0 aliphatic carbocycles. The molecule has 0 spiro atoms. The molecule has 0 amide bonds. The number of nitrogens with one attached hydrogen (secondary N) is 1. The first-order chi connectivity index (χ1) is 12.9. The number of H-pyrrole nitrogens is 1. The molecule has 0 bridgehead atoms. The van der Waals surface area contributed by atoms with Gasteiger partial charge in [0.15, 0.2) is 0 Å². The first kappa shape index (κ1) is 16.4. The second-order valence-electron chi connectivity index (χ2n) is 6.56. The molecule has 1 nitrogen and oxygen atoms in total. The molecule has 4 aromatic rings. The third-order valence-electron chi connectivity index (χ3n) is 4.85. The van der Waals surface area contributed by atoms with Crippen molar-refractivity contribution < 1.29 is 0 Å². The number of para-hydroxylation sites is 1. The Kier molecular flexibility index (Phi) is 4.70. The number of aromatic amines is 1. The van der Waals surface area contributed by atoms with E-state index < -0.39 is 0 Å². The summed E-state index contributed by atoms with van der Waals surface area (Å²) < 4.78 is 0. The van der Waals surface area contributed by atoms with Crippen molar-refractivity contribution >= 4 is 17.0 Å². The molecule has 0 aliphatic heterocycles. The van der Waals surface area contributed by atoms with Gasteiger partial charge in [-0.2, -0.15) is 0 Å². The lowest BCUT2D eigenvalue weighted by atomic mass is 9.86. The molecule has 1 heterocycles. The van der Waals surface area contributed by atoms with Crippen LogP contribution in [0, 0.1) is 0 Å². The molecule has 26 heavy (non-hydrogen) atoms. The molecule has 3 aromatic carbocycles. The van der Waals surface area contributed by atoms with Crippen molar-refractivity contribution in [3.05, 3.63) is 113 Å². The number of hydrogen-bond donors (Lipinski definition) is 1. The van der Waals surface area contributed by atoms with E-state index in [0.29, 0.717) is 0 Å². The van der Waals surface area contributed by atoms with E-state index in [0.717, 1.165) is 6.42 Å². The van der Waals surface area contributed by atoms with E-state index in [2.05, 4.69) is 109 Å². The molecule has 0 atom stereocenters. The molecule has 0 aliphatic rings. The Bertz CT molecular complexity index is 970. The Balaban J connectivity index is 1.98. The first-order valence-electron chi connectivity index (χ1n) is 9.25. The zero-order valence-corrected chi connectivity index (χ0v) is 15.0. The molecule has 0 saturated heterocycles. The quantitative estimate of drug-likeness (QED) is 0.413. The van der Waals surface area contributed by atoms with E-state index in [1.54, 1.807) is 0 Å². The van der Waals surface area contributed by atoms with E-state index in [1.165, 1.54) is 33.3 Å². The van der Waals surface area contributed by atoms with Crippen molar-refractivity contribution in [3.63, 3.8) is 0 Å². The van der Waals surface area contributed by atoms with Crippen LogP contribution in [0.15, 0.2) is 91.0 Å². The van der Waals surface area contributed by atoms with Crippen molar-refractivity contribution in [2.75, 3.05) is 0 Å². The maximum atomic E-state index is 3.72. The third kappa shape index (κ3) is 3.09. The number of benzene rings is 3. The molecular weight excluding hydrogens is 314 g/mol. The summed E-state index contributed by atoms with van der Waals surface area (Å²) in [5, 5.41) is 1.28. The van der Waals surface area contributed by atoms with Gasteiger partial charge in [-0.15, -0.1) is 0 Å². The van der Waals surface area contributed by atoms with Gasteiger partial charge < -0.3 is 4.98 Å². The van der Waals surface area contributed by atoms with Gasteiger partial charge in [0.1, 0.15) is 0 Å². The fourth-order valence-electron chi connectivity index (χ4n) is 3.64. The zero-order valence-electron chi connectivity index (χ0n) is 15.0. The first-order valence-corrected chi connectivity index (χ1v) is 9.25. The van der Waals surface area contributed by atoms with Crippen LogP contribution in [0.5, 0.6) is 0 Å². The van der Waals surface area contributed by atoms with Gasteiger partial charge in [0, 0.05) is 28.1 Å². The Labute approximate surface area is 155 Å². The van der Waals surface area contributed by atoms with Crippen molar-refractivity contribution in [1.82, 2.24) is 4.98 Å². The molecule has 128 valence electrons. The van der Waals surface area contributed by atoms with Crippen LogP contribution in [-0.4, -0.2) is 4.98 Å². The van der Waals surface area contributed by atoms with Gasteiger partial charge in [-0.1, -0.05) is 97.9 Å². The molecule has 0 saturated carbocycles. The lowest BCUT2D eigenvalue weighted by Gasteiger charge is -2.18. The zero-order chi connectivity index (χ0) is 17.8. The largest absolute Gasteiger partial charge is 0.357 e. The minimum atomic E-state index is 0.182. The molecule has 4 rings (SSSR count). The van der Waals surface area contributed by atoms with E-state index in [4.69, 9.17) is 0 Å². The summed E-state index contributed by atoms with van der Waals surface area (Å²) in [6.07, 6.45) is 5.54. The lowest BCUT2D eigenvalue weighted by molar-refractivity contribution is 0.935. The Morgan fingerprint density at radius 1 is 0.769 bits per heavy atom. The summed E-state index contributed by atoms with van der Waals surface area (Å²) in [4.78, 5) is 3.72. The van der Waals surface area contributed by atoms with Crippen LogP contribution >= 0.6 is 0 Å². The van der Waals surface area contributed by atoms with Gasteiger partial charge >= 0.3 is 0 Å². The van der Waals surface area contributed by atoms with Gasteiger partial charge in [0.2, 0.25) is 0 Å². The van der Waals surface area contributed by atoms with Crippen molar-refractivity contribution in [2.45, 2.75) is 19.3 Å². The predicted molar refractivity (Wildman–Crippen MR) is 111 cm³/mol. The molecule has 1 N–H and O–H groups in total. The summed E-state index contributed by atoms with van der Waals surface area (Å²) in [6.45, 7) is 2.18. The second kappa shape index (κ2) is 7.45. The van der Waals surface area contributed by atoms with Crippen molar-refractivity contribution in [1.29, 1.82) is 0 Å². The normalized spacial score (nSPS) is 11.6. The van der Waals surface area contributed by atoms with Crippen LogP contribution in [0.1, 0.15) is 41.6 Å². The number of aromatic nitrogens is 1. The molecule has 1 aromatic heterocycles. The van der Waals surface area contributed by atoms with Crippen LogP contribution in [0.2, 0.25) is 0 Å². The number of rotatable bonds is 5. The number of hydrogen-bond acceptors (Lipinski definition) is 0. The molecular formula is C25H23N. The Morgan fingerprint density at radius 3 is 1.96 bits per heavy atom. The topological polar surface area (TPSA) is 15.8 Å². The van der Waals surface area contributed by atoms with Crippen molar-refractivity contribution in [2.24, 2.45) is 0 Å². The lowest BCUT2D eigenvalue weighted by Crippen LogP contribution is -2.05. The van der Waals surface area contributed by atoms with Gasteiger partial charge in [0.25, 0.3) is 0 Å². The number of allylic oxidation sites excluding steroid dienone is 1. The highest BCUT2D eigenvalue weighted by Crippen LogP contribution is 2.37. The standard InChI is InChI=1S/C25H23N/c1-2-3-16-22-21-17-10-11-18-23(21)26-25(22)24(19-12-6-4-7-13-19)20-14-8-5-9-15-20/h3-18,24,26H,2H2,1H3/b16-3+. The highest BCUT2D eigenvalue weighted by molar-refractivity contribution is 5.91. The van der Waals surface area contributed by atoms with Gasteiger partial charge in [-0.05, 0) is 23.6 Å². The Hall–Kier alpha value is -3.06. The van der Waals surface area contributed by atoms with Gasteiger partial charge in [-0.3, -0.25) is 0 Å². The van der Waals surface area contributed by atoms with E-state index >= 15 is 0 Å². The molecule has 1 heteroatoms. The highest BCUT2D eigenvalue weighted by Gasteiger charge is 2.22. The van der Waals surface area contributed by atoms with Crippen LogP contribution in [-0.2, 0) is 0 Å². The average Bonchev–Trinajstić information content (AvgIpc) is 3.06. The minimum absolute atomic E-state index is 0.182. The summed E-state index contributed by atoms with van der Waals surface area (Å²) in [5.74, 6) is 0.182. The highest BCUT2D eigenvalue weighted by atomic mass is 14.7. The second-order valence-corrected chi connectivity index (χ2v) is 6.56. The summed E-state index contributed by atoms with van der Waals surface area (Å²) in [6, 6.07) is 30.1. The van der Waals surface area contributed by atoms with Gasteiger partial charge in [-0.25, -0.2) is 0 Å². The van der Waals surface area contributed by atoms with E-state index in [-0.39, 0.29) is 5.92 Å². The average molecular weight is 337 g/mol. The summed E-state index contributed by atoms with van der Waals surface area (Å²) in [7, 11) is 0. The fraction of sp³-hybridized carbons (Fsp3) is 0.120. The minimum Gasteiger partial charge on any atom is -0.357 e. The fourth-order valence-corrected chi connectivity index (χ4v) is 3.64. The summed E-state index contributed by atoms with van der Waals surface area (Å²) in [5.41, 5.74) is 6.34. The molecule has 0 fully saturated rings. The number of fused-ring (bicyclic) bond motifs is 1. The van der Waals surface area contributed by atoms with Crippen LogP contribution in [0.25, 0.3) is 17.0 Å². The van der Waals surface area contributed by atoms with Crippen LogP contribution in [0.4, 0.5) is 0 Å². The van der Waals surface area contributed by atoms with Crippen molar-refractivity contribution in [3.8, 4) is 0 Å². The van der Waals surface area contributed by atoms with E-state index in [1.807, 2.05) is 0 Å². The van der Waals surface area contributed by atoms with Gasteiger partial charge in [0.05, 0.1) is 0 Å². The SMILES string of the molecule is CC/C=C/c1c(C(c2ccccc2)c2ccccc2)[nH]c2ccccc12. The van der Waals surface area contributed by atoms with Crippen LogP contribution in [0.3, 0.4) is 0 Å². The molecule has 0 radical (unpaired) electrons. The third-order valence-corrected chi connectivity index (χ3v) is 4.85. The predicted octanol–water partition coefficient (Wildman–Crippen LogP) is 6.77. The monoisotopic (exact) mass is 337 g/mol. The maximum absolute atomic E-state index is 3.72. The summed E-state index contributed by atoms with van der Waals surface area (Å²) >= 11 is 0. The Morgan fingerprint density at radius 2 is 1.35 bits per heavy atom. The maximum Gasteiger partial charge on any atom is 0.0497 e. The van der Waals surface area contributed by atoms with Crippen LogP contribution < -0.4 is 0 Å². The smallest absolute Gasteiger partial charge is 0.0497 e. The molecule has 0 unspecified atom stereocenters. The van der Waals surface area contributed by atoms with E-state index in [9.17, 15) is 0 Å².